The first-order valence-electron chi connectivity index (χ1n) is 9.67. The standard InChI is InChI=1S/C22H25ClN6O/c1-22(2,3)27-21(26-20(30)16-6-4-5-14(11-16)13-24)25-19-12-18(28-29-19)15-7-9-17(23)10-8-15/h4-11,18-19,28-29H,12H2,1-3H3,(H2,25,26,27,30). The molecule has 2 aromatic rings. The number of nitrogens with zero attached hydrogens (tertiary/aromatic N) is 2. The zero-order chi connectivity index (χ0) is 21.7. The maximum atomic E-state index is 12.7. The summed E-state index contributed by atoms with van der Waals surface area (Å²) in [6, 6.07) is 16.3. The second-order valence-corrected chi connectivity index (χ2v) is 8.58. The second kappa shape index (κ2) is 9.26. The van der Waals surface area contributed by atoms with E-state index in [2.05, 4.69) is 26.5 Å². The lowest BCUT2D eigenvalue weighted by Crippen LogP contribution is -2.50. The average molecular weight is 425 g/mol. The number of amides is 1. The molecule has 8 heteroatoms. The molecule has 0 radical (unpaired) electrons. The first kappa shape index (κ1) is 21.8. The summed E-state index contributed by atoms with van der Waals surface area (Å²) < 4.78 is 0. The normalized spacial score (nSPS) is 19.2. The second-order valence-electron chi connectivity index (χ2n) is 8.14. The number of hydrazine groups is 1. The van der Waals surface area contributed by atoms with Crippen LogP contribution in [0.25, 0.3) is 0 Å². The summed E-state index contributed by atoms with van der Waals surface area (Å²) in [5.74, 6) is 0.0359. The van der Waals surface area contributed by atoms with Crippen molar-refractivity contribution in [1.82, 2.24) is 21.5 Å². The number of benzene rings is 2. The molecule has 0 bridgehead atoms. The number of nitriles is 1. The highest BCUT2D eigenvalue weighted by molar-refractivity contribution is 6.30. The molecule has 0 saturated carbocycles. The number of carbonyl (C=O) groups excluding carboxylic acids is 1. The molecule has 0 aromatic heterocycles. The molecule has 2 atom stereocenters. The SMILES string of the molecule is CC(C)(C)NC(=NC1CC(c2ccc(Cl)cc2)NN1)NC(=O)c1cccc(C#N)c1. The summed E-state index contributed by atoms with van der Waals surface area (Å²) in [6.07, 6.45) is 0.470. The Morgan fingerprint density at radius 2 is 1.93 bits per heavy atom. The minimum absolute atomic E-state index is 0.0786. The molecule has 2 aromatic carbocycles. The van der Waals surface area contributed by atoms with Crippen molar-refractivity contribution in [3.05, 3.63) is 70.2 Å². The molecule has 1 fully saturated rings. The van der Waals surface area contributed by atoms with Crippen molar-refractivity contribution in [2.24, 2.45) is 4.99 Å². The minimum atomic E-state index is -0.331. The highest BCUT2D eigenvalue weighted by Gasteiger charge is 2.26. The molecular weight excluding hydrogens is 400 g/mol. The first-order chi connectivity index (χ1) is 14.2. The monoisotopic (exact) mass is 424 g/mol. The Balaban J connectivity index is 1.74. The smallest absolute Gasteiger partial charge is 0.257 e. The zero-order valence-electron chi connectivity index (χ0n) is 17.2. The molecule has 1 amide bonds. The van der Waals surface area contributed by atoms with Crippen LogP contribution in [-0.4, -0.2) is 23.6 Å². The molecule has 3 rings (SSSR count). The molecule has 4 N–H and O–H groups in total. The number of halogens is 1. The maximum Gasteiger partial charge on any atom is 0.257 e. The van der Waals surface area contributed by atoms with E-state index in [0.717, 1.165) is 5.56 Å². The Morgan fingerprint density at radius 1 is 1.20 bits per heavy atom. The molecule has 156 valence electrons. The van der Waals surface area contributed by atoms with E-state index in [9.17, 15) is 4.79 Å². The van der Waals surface area contributed by atoms with Gasteiger partial charge in [-0.3, -0.25) is 10.1 Å². The summed E-state index contributed by atoms with van der Waals surface area (Å²) in [7, 11) is 0. The quantitative estimate of drug-likeness (QED) is 0.447. The Labute approximate surface area is 181 Å². The van der Waals surface area contributed by atoms with Gasteiger partial charge in [0, 0.05) is 28.6 Å². The van der Waals surface area contributed by atoms with Gasteiger partial charge in [-0.05, 0) is 56.7 Å². The molecule has 0 aliphatic carbocycles. The fraction of sp³-hybridized carbons (Fsp3) is 0.318. The first-order valence-corrected chi connectivity index (χ1v) is 10.1. The average Bonchev–Trinajstić information content (AvgIpc) is 3.15. The third-order valence-corrected chi connectivity index (χ3v) is 4.67. The van der Waals surface area contributed by atoms with E-state index < -0.39 is 0 Å². The predicted molar refractivity (Wildman–Crippen MR) is 118 cm³/mol. The van der Waals surface area contributed by atoms with E-state index in [4.69, 9.17) is 16.9 Å². The summed E-state index contributed by atoms with van der Waals surface area (Å²) in [4.78, 5) is 17.4. The van der Waals surface area contributed by atoms with Gasteiger partial charge in [-0.2, -0.15) is 5.26 Å². The van der Waals surface area contributed by atoms with Crippen LogP contribution in [0, 0.1) is 11.3 Å². The van der Waals surface area contributed by atoms with Crippen molar-refractivity contribution >= 4 is 23.5 Å². The van der Waals surface area contributed by atoms with Crippen LogP contribution < -0.4 is 21.5 Å². The van der Waals surface area contributed by atoms with E-state index in [0.29, 0.717) is 28.5 Å². The van der Waals surface area contributed by atoms with Crippen LogP contribution in [0.4, 0.5) is 0 Å². The summed E-state index contributed by atoms with van der Waals surface area (Å²) >= 11 is 5.97. The number of nitrogens with one attached hydrogen (secondary N) is 4. The molecule has 1 aliphatic rings. The van der Waals surface area contributed by atoms with Gasteiger partial charge in [-0.1, -0.05) is 29.8 Å². The predicted octanol–water partition coefficient (Wildman–Crippen LogP) is 3.25. The lowest BCUT2D eigenvalue weighted by molar-refractivity contribution is 0.0975. The zero-order valence-corrected chi connectivity index (χ0v) is 17.9. The molecule has 1 saturated heterocycles. The van der Waals surface area contributed by atoms with E-state index >= 15 is 0 Å². The molecule has 1 aliphatic heterocycles. The summed E-state index contributed by atoms with van der Waals surface area (Å²) in [5, 5.41) is 15.8. The fourth-order valence-electron chi connectivity index (χ4n) is 3.05. The molecular formula is C22H25ClN6O. The molecule has 30 heavy (non-hydrogen) atoms. The summed E-state index contributed by atoms with van der Waals surface area (Å²) in [5.41, 5.74) is 8.02. The van der Waals surface area contributed by atoms with Crippen LogP contribution >= 0.6 is 11.6 Å². The largest absolute Gasteiger partial charge is 0.351 e. The van der Waals surface area contributed by atoms with Crippen LogP contribution in [-0.2, 0) is 0 Å². The van der Waals surface area contributed by atoms with E-state index in [1.165, 1.54) is 0 Å². The third kappa shape index (κ3) is 6.04. The number of rotatable bonds is 3. The van der Waals surface area contributed by atoms with Gasteiger partial charge < -0.3 is 5.32 Å². The van der Waals surface area contributed by atoms with Gasteiger partial charge in [0.25, 0.3) is 5.91 Å². The van der Waals surface area contributed by atoms with Gasteiger partial charge >= 0.3 is 0 Å². The Kier molecular flexibility index (Phi) is 6.73. The van der Waals surface area contributed by atoms with Gasteiger partial charge in [0.15, 0.2) is 5.96 Å². The van der Waals surface area contributed by atoms with Crippen LogP contribution in [0.2, 0.25) is 5.02 Å². The van der Waals surface area contributed by atoms with Crippen molar-refractivity contribution in [2.45, 2.75) is 44.9 Å². The topological polar surface area (TPSA) is 101 Å². The van der Waals surface area contributed by atoms with Crippen LogP contribution in [0.15, 0.2) is 53.5 Å². The number of carbonyl (C=O) groups is 1. The van der Waals surface area contributed by atoms with Crippen LogP contribution in [0.5, 0.6) is 0 Å². The van der Waals surface area contributed by atoms with E-state index in [1.807, 2.05) is 51.1 Å². The van der Waals surface area contributed by atoms with E-state index in [1.54, 1.807) is 24.3 Å². The summed E-state index contributed by atoms with van der Waals surface area (Å²) in [6.45, 7) is 5.96. The fourth-order valence-corrected chi connectivity index (χ4v) is 3.18. The Bertz CT molecular complexity index is 974. The van der Waals surface area contributed by atoms with Gasteiger partial charge in [-0.25, -0.2) is 15.8 Å². The number of guanidine groups is 1. The van der Waals surface area contributed by atoms with Gasteiger partial charge in [-0.15, -0.1) is 0 Å². The van der Waals surface area contributed by atoms with Crippen LogP contribution in [0.1, 0.15) is 54.7 Å². The van der Waals surface area contributed by atoms with Crippen molar-refractivity contribution in [1.29, 1.82) is 5.26 Å². The Morgan fingerprint density at radius 3 is 2.60 bits per heavy atom. The van der Waals surface area contributed by atoms with Crippen LogP contribution in [0.3, 0.4) is 0 Å². The third-order valence-electron chi connectivity index (χ3n) is 4.42. The lowest BCUT2D eigenvalue weighted by atomic mass is 10.0. The van der Waals surface area contributed by atoms with Crippen molar-refractivity contribution in [2.75, 3.05) is 0 Å². The molecule has 7 nitrogen and oxygen atoms in total. The van der Waals surface area contributed by atoms with Gasteiger partial charge in [0.2, 0.25) is 0 Å². The molecule has 1 heterocycles. The van der Waals surface area contributed by atoms with Gasteiger partial charge in [0.1, 0.15) is 6.17 Å². The lowest BCUT2D eigenvalue weighted by Gasteiger charge is -2.24. The number of hydrogen-bond acceptors (Lipinski definition) is 5. The maximum absolute atomic E-state index is 12.7. The number of hydrogen-bond donors (Lipinski definition) is 4. The highest BCUT2D eigenvalue weighted by atomic mass is 35.5. The molecule has 0 spiro atoms. The number of aliphatic imine (C=N–C) groups is 1. The van der Waals surface area contributed by atoms with E-state index in [-0.39, 0.29) is 23.7 Å². The van der Waals surface area contributed by atoms with Crippen molar-refractivity contribution in [3.63, 3.8) is 0 Å². The van der Waals surface area contributed by atoms with Gasteiger partial charge in [0.05, 0.1) is 11.6 Å². The van der Waals surface area contributed by atoms with Crippen molar-refractivity contribution in [3.8, 4) is 6.07 Å². The Hall–Kier alpha value is -2.92. The highest BCUT2D eigenvalue weighted by Crippen LogP contribution is 2.24. The molecule has 2 unspecified atom stereocenters. The minimum Gasteiger partial charge on any atom is -0.351 e. The van der Waals surface area contributed by atoms with Crippen molar-refractivity contribution < 1.29 is 4.79 Å².